The van der Waals surface area contributed by atoms with Gasteiger partial charge in [0.05, 0.1) is 11.5 Å². The fourth-order valence-corrected chi connectivity index (χ4v) is 17.1. The molecule has 2 aliphatic rings. The van der Waals surface area contributed by atoms with Crippen molar-refractivity contribution in [2.75, 3.05) is 11.5 Å². The van der Waals surface area contributed by atoms with Gasteiger partial charge >= 0.3 is 51.4 Å². The Balaban J connectivity index is 0.000000235. The Kier molecular flexibility index (Phi) is 38.8. The fraction of sp³-hybridized carbons (Fsp3) is 0.340. The SMILES string of the molecule is CCCCCCc1cc(-c2ccc(-c3cc(C)cc(-c4ccc5c(c4)OS(=O)CC5)c3)cc2)c(CCCCCC)cc1-c1ccc(C)cc1.CCCCCCc1cc(-c2ccc(Br)cc2)c(CCCCCC)cc1-c1ccc(Br)cc1.C[CH-]C.O=S1CCc2ccc(-c3cc(Br)cc(Br)c3)cc2O1.[CH3-].[K+]. The number of benzene rings is 10. The van der Waals surface area contributed by atoms with E-state index in [0.29, 0.717) is 11.5 Å². The molecule has 2 unspecified atom stereocenters. The van der Waals surface area contributed by atoms with Gasteiger partial charge in [0, 0.05) is 17.9 Å². The number of aryl methyl sites for hydroxylation is 8. The van der Waals surface area contributed by atoms with Gasteiger partial charge in [-0.15, -0.1) is 0 Å². The third-order valence-corrected chi connectivity index (χ3v) is 23.0. The molecule has 11 heteroatoms. The van der Waals surface area contributed by atoms with Crippen LogP contribution in [0, 0.1) is 27.7 Å². The van der Waals surface area contributed by atoms with E-state index in [1.165, 1.54) is 192 Å². The Bertz CT molecular complexity index is 4280. The van der Waals surface area contributed by atoms with Crippen molar-refractivity contribution in [3.8, 4) is 89.4 Å². The van der Waals surface area contributed by atoms with Crippen LogP contribution in [0.1, 0.15) is 189 Å². The summed E-state index contributed by atoms with van der Waals surface area (Å²) < 4.78 is 38.9. The number of unbranched alkanes of at least 4 members (excludes halogenated alkanes) is 12. The Labute approximate surface area is 713 Å². The van der Waals surface area contributed by atoms with Crippen LogP contribution in [0.2, 0.25) is 0 Å². The molecule has 0 amide bonds. The van der Waals surface area contributed by atoms with E-state index >= 15 is 0 Å². The summed E-state index contributed by atoms with van der Waals surface area (Å²) in [6, 6.07) is 71.4. The smallest absolute Gasteiger partial charge is 0.400 e. The van der Waals surface area contributed by atoms with Crippen molar-refractivity contribution in [3.63, 3.8) is 0 Å². The van der Waals surface area contributed by atoms with E-state index in [1.807, 2.05) is 44.5 Å². The molecule has 105 heavy (non-hydrogen) atoms. The van der Waals surface area contributed by atoms with E-state index in [9.17, 15) is 8.42 Å². The van der Waals surface area contributed by atoms with E-state index in [0.717, 1.165) is 101 Å². The fourth-order valence-electron chi connectivity index (χ4n) is 13.6. The number of halogens is 4. The molecular formula is C94H108Br4KO4S2-. The first kappa shape index (κ1) is 87.9. The van der Waals surface area contributed by atoms with E-state index in [4.69, 9.17) is 8.37 Å². The maximum atomic E-state index is 12.1. The first-order chi connectivity index (χ1) is 50.1. The van der Waals surface area contributed by atoms with Crippen molar-refractivity contribution in [1.29, 1.82) is 0 Å². The van der Waals surface area contributed by atoms with Crippen molar-refractivity contribution >= 4 is 85.9 Å². The number of rotatable bonds is 27. The molecule has 0 bridgehead atoms. The minimum atomic E-state index is -1.24. The monoisotopic (exact) mass is 1720 g/mol. The van der Waals surface area contributed by atoms with Crippen molar-refractivity contribution in [2.45, 2.75) is 197 Å². The van der Waals surface area contributed by atoms with Gasteiger partial charge in [-0.1, -0.05) is 307 Å². The van der Waals surface area contributed by atoms with Crippen LogP contribution in [0.4, 0.5) is 0 Å². The van der Waals surface area contributed by atoms with E-state index < -0.39 is 22.2 Å². The molecule has 10 aromatic rings. The molecule has 2 heterocycles. The summed E-state index contributed by atoms with van der Waals surface area (Å²) in [7, 11) is 0. The summed E-state index contributed by atoms with van der Waals surface area (Å²) in [5.41, 5.74) is 28.4. The van der Waals surface area contributed by atoms with Crippen LogP contribution in [-0.2, 0) is 60.7 Å². The largest absolute Gasteiger partial charge is 1.00 e. The van der Waals surface area contributed by atoms with Crippen molar-refractivity contribution in [2.24, 2.45) is 0 Å². The summed E-state index contributed by atoms with van der Waals surface area (Å²) in [4.78, 5) is 0. The second-order valence-corrected chi connectivity index (χ2v) is 33.7. The summed E-state index contributed by atoms with van der Waals surface area (Å²) in [6.07, 6.45) is 28.5. The number of hydrogen-bond acceptors (Lipinski definition) is 4. The minimum Gasteiger partial charge on any atom is -0.400 e. The molecule has 0 radical (unpaired) electrons. The third-order valence-electron chi connectivity index (χ3n) is 19.2. The number of hydrogen-bond donors (Lipinski definition) is 0. The van der Waals surface area contributed by atoms with Crippen molar-refractivity contribution in [1.82, 2.24) is 0 Å². The summed E-state index contributed by atoms with van der Waals surface area (Å²) in [5.74, 6) is 2.62. The Morgan fingerprint density at radius 3 is 0.962 bits per heavy atom. The Hall–Kier alpha value is -4.34. The van der Waals surface area contributed by atoms with Gasteiger partial charge in [-0.2, -0.15) is 13.8 Å². The molecule has 0 aliphatic carbocycles. The molecule has 0 saturated heterocycles. The maximum Gasteiger partial charge on any atom is 1.00 e. The van der Waals surface area contributed by atoms with Crippen molar-refractivity contribution < 1.29 is 68.2 Å². The van der Waals surface area contributed by atoms with Crippen molar-refractivity contribution in [3.05, 3.63) is 270 Å². The number of fused-ring (bicyclic) bond motifs is 2. The van der Waals surface area contributed by atoms with Gasteiger partial charge in [0.15, 0.2) is 0 Å². The first-order valence-corrected chi connectivity index (χ1v) is 43.5. The van der Waals surface area contributed by atoms with Gasteiger partial charge in [-0.25, -0.2) is 8.42 Å². The Morgan fingerprint density at radius 2 is 0.619 bits per heavy atom. The molecule has 0 fully saturated rings. The van der Waals surface area contributed by atoms with Gasteiger partial charge in [0.25, 0.3) is 0 Å². The minimum absolute atomic E-state index is 0. The van der Waals surface area contributed by atoms with Gasteiger partial charge in [-0.3, -0.25) is 0 Å². The first-order valence-electron chi connectivity index (χ1n) is 37.8. The topological polar surface area (TPSA) is 52.6 Å². The average Bonchev–Trinajstić information content (AvgIpc) is 0.795. The molecule has 0 spiro atoms. The summed E-state index contributed by atoms with van der Waals surface area (Å²) >= 11 is 11.7. The molecule has 0 N–H and O–H groups in total. The standard InChI is InChI=1S/C46H52O2S.C30H36Br2.C14H10Br2O2S.C3H7.CH3.K/c1-5-7-9-11-13-40-31-45(41(14-12-10-8-6-2)30-44(40)36-17-15-33(3)16-18-36)37-21-19-35(20-22-37)42-27-34(4)28-43(29-42)39-24-23-38-25-26-49(47)48-46(38)32-39;1-3-5-7-9-11-25-21-30(24-15-19-28(32)20-16-24)26(12-10-8-6-4-2)22-29(25)23-13-17-27(31)18-14-23;15-12-5-11(6-13(16)8-12)10-2-1-9-3-4-19(17)18-14(9)7-10;1-3-2;;/h15-24,27-32H,5-14,25-26H2,1-4H3;13-22H,3-12H2,1-2H3;1-2,5-8H,3-4H2;3H,1-2H3;1H3;/q;;;2*-1;+1. The normalized spacial score (nSPS) is 13.3. The van der Waals surface area contributed by atoms with Crippen LogP contribution >= 0.6 is 63.7 Å². The van der Waals surface area contributed by atoms with E-state index in [1.54, 1.807) is 0 Å². The molecule has 0 aromatic heterocycles. The quantitative estimate of drug-likeness (QED) is 0.0292. The molecule has 2 aliphatic heterocycles. The molecule has 550 valence electrons. The van der Waals surface area contributed by atoms with Gasteiger partial charge in [0.1, 0.15) is 11.5 Å². The van der Waals surface area contributed by atoms with Crippen LogP contribution in [0.15, 0.2) is 212 Å². The second-order valence-electron chi connectivity index (χ2n) is 27.7. The summed E-state index contributed by atoms with van der Waals surface area (Å²) in [5, 5.41) is 0. The third kappa shape index (κ3) is 27.0. The summed E-state index contributed by atoms with van der Waals surface area (Å²) in [6.45, 7) is 17.5. The molecule has 10 aromatic carbocycles. The van der Waals surface area contributed by atoms with Gasteiger partial charge in [-0.05, 0) is 256 Å². The zero-order chi connectivity index (χ0) is 73.0. The average molecular weight is 1720 g/mol. The maximum absolute atomic E-state index is 12.1. The van der Waals surface area contributed by atoms with Crippen LogP contribution in [-0.4, -0.2) is 19.9 Å². The Morgan fingerprint density at radius 1 is 0.324 bits per heavy atom. The predicted molar refractivity (Wildman–Crippen MR) is 466 cm³/mol. The van der Waals surface area contributed by atoms with Gasteiger partial charge in [0.2, 0.25) is 22.2 Å². The van der Waals surface area contributed by atoms with Crippen LogP contribution in [0.25, 0.3) is 77.9 Å². The molecule has 4 nitrogen and oxygen atoms in total. The van der Waals surface area contributed by atoms with Crippen LogP contribution < -0.4 is 59.8 Å². The van der Waals surface area contributed by atoms with E-state index in [-0.39, 0.29) is 58.8 Å². The zero-order valence-electron chi connectivity index (χ0n) is 64.0. The molecule has 2 atom stereocenters. The van der Waals surface area contributed by atoms with Gasteiger partial charge < -0.3 is 22.2 Å². The molecule has 0 saturated carbocycles. The zero-order valence-corrected chi connectivity index (χ0v) is 75.1. The second kappa shape index (κ2) is 46.4. The van der Waals surface area contributed by atoms with E-state index in [2.05, 4.69) is 275 Å². The van der Waals surface area contributed by atoms with Crippen LogP contribution in [0.3, 0.4) is 0 Å². The molecular weight excluding hydrogens is 1620 g/mol. The predicted octanol–water partition coefficient (Wildman–Crippen LogP) is 26.8. The van der Waals surface area contributed by atoms with Crippen LogP contribution in [0.5, 0.6) is 11.5 Å². The molecule has 12 rings (SSSR count).